The summed E-state index contributed by atoms with van der Waals surface area (Å²) in [6.07, 6.45) is 2.96. The zero-order valence-corrected chi connectivity index (χ0v) is 11.2. The molecule has 1 aliphatic heterocycles. The maximum atomic E-state index is 12.4. The van der Waals surface area contributed by atoms with E-state index in [0.29, 0.717) is 43.2 Å². The fourth-order valence-corrected chi connectivity index (χ4v) is 2.41. The second kappa shape index (κ2) is 5.57. The first-order valence-electron chi connectivity index (χ1n) is 6.26. The van der Waals surface area contributed by atoms with E-state index in [1.165, 1.54) is 0 Å². The fraction of sp³-hybridized carbons (Fsp3) is 0.538. The highest BCUT2D eigenvalue weighted by Gasteiger charge is 2.29. The third-order valence-electron chi connectivity index (χ3n) is 3.26. The molecular weight excluding hydrogens is 252 g/mol. The van der Waals surface area contributed by atoms with Crippen LogP contribution in [0.15, 0.2) is 12.3 Å². The quantitative estimate of drug-likeness (QED) is 0.786. The molecule has 1 aromatic rings. The molecule has 0 fully saturated rings. The van der Waals surface area contributed by atoms with Gasteiger partial charge in [-0.15, -0.1) is 11.6 Å². The molecule has 0 aliphatic carbocycles. The highest BCUT2D eigenvalue weighted by molar-refractivity contribution is 6.17. The predicted octanol–water partition coefficient (Wildman–Crippen LogP) is 2.17. The molecule has 2 heterocycles. The lowest BCUT2D eigenvalue weighted by atomic mass is 10.1. The number of nitrogens with zero attached hydrogens (tertiary/aromatic N) is 2. The van der Waals surface area contributed by atoms with E-state index in [-0.39, 0.29) is 11.7 Å². The maximum Gasteiger partial charge on any atom is 0.271 e. The number of alkyl halides is 1. The molecule has 1 aliphatic rings. The van der Waals surface area contributed by atoms with E-state index >= 15 is 0 Å². The van der Waals surface area contributed by atoms with Crippen LogP contribution in [0.3, 0.4) is 0 Å². The van der Waals surface area contributed by atoms with Gasteiger partial charge in [0.2, 0.25) is 0 Å². The van der Waals surface area contributed by atoms with Crippen molar-refractivity contribution in [1.29, 1.82) is 0 Å². The van der Waals surface area contributed by atoms with Crippen LogP contribution >= 0.6 is 11.6 Å². The van der Waals surface area contributed by atoms with Crippen LogP contribution in [-0.2, 0) is 6.54 Å². The first-order valence-corrected chi connectivity index (χ1v) is 6.80. The van der Waals surface area contributed by atoms with Gasteiger partial charge < -0.3 is 9.47 Å². The molecule has 4 nitrogen and oxygen atoms in total. The van der Waals surface area contributed by atoms with E-state index in [4.69, 9.17) is 11.6 Å². The number of amides is 1. The number of fused-ring (bicyclic) bond motifs is 1. The number of hydrogen-bond donors (Lipinski definition) is 0. The van der Waals surface area contributed by atoms with E-state index in [2.05, 4.69) is 0 Å². The van der Waals surface area contributed by atoms with E-state index in [0.717, 1.165) is 6.42 Å². The molecule has 5 heteroatoms. The molecule has 0 aromatic carbocycles. The fourth-order valence-electron chi connectivity index (χ4n) is 2.29. The van der Waals surface area contributed by atoms with Gasteiger partial charge in [-0.2, -0.15) is 0 Å². The van der Waals surface area contributed by atoms with Crippen LogP contribution in [0.4, 0.5) is 0 Å². The topological polar surface area (TPSA) is 42.3 Å². The number of halogens is 1. The van der Waals surface area contributed by atoms with Gasteiger partial charge in [-0.25, -0.2) is 0 Å². The van der Waals surface area contributed by atoms with Gasteiger partial charge in [-0.05, 0) is 19.4 Å². The second-order valence-corrected chi connectivity index (χ2v) is 4.75. The molecule has 98 valence electrons. The Balaban J connectivity index is 2.34. The predicted molar refractivity (Wildman–Crippen MR) is 70.3 cm³/mol. The molecule has 0 spiro atoms. The summed E-state index contributed by atoms with van der Waals surface area (Å²) < 4.78 is 1.84. The summed E-state index contributed by atoms with van der Waals surface area (Å²) in [5, 5.41) is 0. The molecule has 0 saturated heterocycles. The van der Waals surface area contributed by atoms with Crippen molar-refractivity contribution in [2.24, 2.45) is 0 Å². The van der Waals surface area contributed by atoms with Crippen LogP contribution in [0.2, 0.25) is 0 Å². The molecule has 0 atom stereocenters. The second-order valence-electron chi connectivity index (χ2n) is 4.37. The van der Waals surface area contributed by atoms with Gasteiger partial charge in [0.1, 0.15) is 5.69 Å². The highest BCUT2D eigenvalue weighted by atomic mass is 35.5. The molecule has 1 aromatic heterocycles. The Morgan fingerprint density at radius 2 is 2.17 bits per heavy atom. The van der Waals surface area contributed by atoms with Crippen LogP contribution in [0.1, 0.15) is 40.6 Å². The molecule has 0 N–H and O–H groups in total. The number of hydrogen-bond acceptors (Lipinski definition) is 2. The standard InChI is InChI=1S/C13H17ClN2O2/c1-2-15-8-4-10-11(17)5-9-16(7-3-6-14)13(18)12(10)15/h4,8H,2-3,5-7,9H2,1H3. The average molecular weight is 269 g/mol. The van der Waals surface area contributed by atoms with Gasteiger partial charge in [0.05, 0.1) is 0 Å². The first kappa shape index (κ1) is 13.1. The van der Waals surface area contributed by atoms with Crippen LogP contribution in [0.25, 0.3) is 0 Å². The van der Waals surface area contributed by atoms with E-state index in [1.807, 2.05) is 17.7 Å². The summed E-state index contributed by atoms with van der Waals surface area (Å²) in [7, 11) is 0. The summed E-state index contributed by atoms with van der Waals surface area (Å²) >= 11 is 5.67. The van der Waals surface area contributed by atoms with Crippen molar-refractivity contribution in [2.45, 2.75) is 26.3 Å². The van der Waals surface area contributed by atoms with Crippen LogP contribution < -0.4 is 0 Å². The Kier molecular flexibility index (Phi) is 4.07. The number of aryl methyl sites for hydroxylation is 1. The third-order valence-corrected chi connectivity index (χ3v) is 3.53. The molecule has 2 rings (SSSR count). The number of carbonyl (C=O) groups is 2. The monoisotopic (exact) mass is 268 g/mol. The summed E-state index contributed by atoms with van der Waals surface area (Å²) in [6, 6.07) is 1.75. The molecule has 0 unspecified atom stereocenters. The molecule has 1 amide bonds. The Morgan fingerprint density at radius 1 is 1.39 bits per heavy atom. The molecular formula is C13H17ClN2O2. The summed E-state index contributed by atoms with van der Waals surface area (Å²) in [6.45, 7) is 3.76. The summed E-state index contributed by atoms with van der Waals surface area (Å²) in [5.74, 6) is 0.533. The Morgan fingerprint density at radius 3 is 2.83 bits per heavy atom. The van der Waals surface area contributed by atoms with Gasteiger partial charge in [0, 0.05) is 43.7 Å². The van der Waals surface area contributed by atoms with Crippen molar-refractivity contribution in [2.75, 3.05) is 19.0 Å². The van der Waals surface area contributed by atoms with E-state index in [9.17, 15) is 9.59 Å². The highest BCUT2D eigenvalue weighted by Crippen LogP contribution is 2.20. The Bertz CT molecular complexity index is 468. The minimum atomic E-state index is -0.0483. The SMILES string of the molecule is CCn1ccc2c1C(=O)N(CCCCl)CCC2=O. The van der Waals surface area contributed by atoms with Gasteiger partial charge in [-0.3, -0.25) is 9.59 Å². The summed E-state index contributed by atoms with van der Waals surface area (Å²) in [4.78, 5) is 26.2. The number of rotatable bonds is 4. The van der Waals surface area contributed by atoms with Crippen molar-refractivity contribution in [1.82, 2.24) is 9.47 Å². The number of ketones is 1. The van der Waals surface area contributed by atoms with Crippen molar-refractivity contribution in [3.05, 3.63) is 23.5 Å². The van der Waals surface area contributed by atoms with E-state index in [1.54, 1.807) is 11.0 Å². The first-order chi connectivity index (χ1) is 8.69. The van der Waals surface area contributed by atoms with Gasteiger partial charge in [-0.1, -0.05) is 0 Å². The van der Waals surface area contributed by atoms with Crippen LogP contribution in [0, 0.1) is 0 Å². The zero-order chi connectivity index (χ0) is 13.1. The third kappa shape index (κ3) is 2.29. The van der Waals surface area contributed by atoms with E-state index < -0.39 is 0 Å². The number of aromatic nitrogens is 1. The molecule has 0 bridgehead atoms. The minimum absolute atomic E-state index is 0.0483. The lowest BCUT2D eigenvalue weighted by Gasteiger charge is -2.20. The number of Topliss-reactive ketones (excluding diaryl/α,β-unsaturated/α-hetero) is 1. The van der Waals surface area contributed by atoms with Crippen LogP contribution in [-0.4, -0.2) is 40.1 Å². The zero-order valence-electron chi connectivity index (χ0n) is 10.5. The molecule has 18 heavy (non-hydrogen) atoms. The summed E-state index contributed by atoms with van der Waals surface area (Å²) in [5.41, 5.74) is 1.10. The minimum Gasteiger partial charge on any atom is -0.343 e. The van der Waals surface area contributed by atoms with Crippen molar-refractivity contribution in [3.8, 4) is 0 Å². The smallest absolute Gasteiger partial charge is 0.271 e. The van der Waals surface area contributed by atoms with Gasteiger partial charge in [0.15, 0.2) is 5.78 Å². The lowest BCUT2D eigenvalue weighted by Crippen LogP contribution is -2.33. The van der Waals surface area contributed by atoms with Crippen molar-refractivity contribution < 1.29 is 9.59 Å². The normalized spacial score (nSPS) is 15.8. The maximum absolute atomic E-state index is 12.4. The van der Waals surface area contributed by atoms with Crippen molar-refractivity contribution >= 4 is 23.3 Å². The Labute approximate surface area is 112 Å². The van der Waals surface area contributed by atoms with Gasteiger partial charge in [0.25, 0.3) is 5.91 Å². The van der Waals surface area contributed by atoms with Gasteiger partial charge >= 0.3 is 0 Å². The molecule has 0 saturated carbocycles. The lowest BCUT2D eigenvalue weighted by molar-refractivity contribution is 0.0749. The Hall–Kier alpha value is -1.29. The molecule has 0 radical (unpaired) electrons. The largest absolute Gasteiger partial charge is 0.343 e. The van der Waals surface area contributed by atoms with Crippen LogP contribution in [0.5, 0.6) is 0 Å². The van der Waals surface area contributed by atoms with Crippen molar-refractivity contribution in [3.63, 3.8) is 0 Å². The number of carbonyl (C=O) groups excluding carboxylic acids is 2. The average Bonchev–Trinajstić information content (AvgIpc) is 2.77.